The van der Waals surface area contributed by atoms with Crippen LogP contribution in [0, 0.1) is 11.8 Å². The first-order valence-electron chi connectivity index (χ1n) is 9.66. The molecule has 0 N–H and O–H groups in total. The van der Waals surface area contributed by atoms with Crippen LogP contribution in [0.2, 0.25) is 0 Å². The molecule has 0 spiro atoms. The molecule has 3 aliphatic heterocycles. The highest BCUT2D eigenvalue weighted by atomic mass is 16.7. The predicted octanol–water partition coefficient (Wildman–Crippen LogP) is 3.52. The molecule has 2 aromatic carbocycles. The van der Waals surface area contributed by atoms with Gasteiger partial charge in [-0.25, -0.2) is 0 Å². The summed E-state index contributed by atoms with van der Waals surface area (Å²) in [7, 11) is 4.84. The molecule has 0 aromatic heterocycles. The highest BCUT2D eigenvalue weighted by Crippen LogP contribution is 2.52. The Balaban J connectivity index is 1.42. The van der Waals surface area contributed by atoms with Crippen molar-refractivity contribution in [1.82, 2.24) is 0 Å². The third kappa shape index (κ3) is 2.96. The Labute approximate surface area is 169 Å². The highest BCUT2D eigenvalue weighted by Gasteiger charge is 2.48. The van der Waals surface area contributed by atoms with Gasteiger partial charge in [-0.1, -0.05) is 6.07 Å². The molecule has 2 unspecified atom stereocenters. The molecule has 7 heteroatoms. The van der Waals surface area contributed by atoms with Crippen LogP contribution in [0.15, 0.2) is 30.3 Å². The summed E-state index contributed by atoms with van der Waals surface area (Å²) in [5, 5.41) is 0. The van der Waals surface area contributed by atoms with Gasteiger partial charge < -0.3 is 33.2 Å². The fraction of sp³-hybridized carbons (Fsp3) is 0.455. The Bertz CT molecular complexity index is 887. The first-order valence-corrected chi connectivity index (χ1v) is 9.66. The van der Waals surface area contributed by atoms with Crippen molar-refractivity contribution in [3.8, 4) is 28.7 Å². The summed E-state index contributed by atoms with van der Waals surface area (Å²) >= 11 is 0. The normalized spacial score (nSPS) is 27.0. The molecule has 0 amide bonds. The first kappa shape index (κ1) is 18.4. The molecule has 5 rings (SSSR count). The molecule has 2 fully saturated rings. The summed E-state index contributed by atoms with van der Waals surface area (Å²) < 4.78 is 39.8. The molecule has 7 nitrogen and oxygen atoms in total. The van der Waals surface area contributed by atoms with Crippen LogP contribution in [0.4, 0.5) is 0 Å². The Morgan fingerprint density at radius 1 is 0.724 bits per heavy atom. The van der Waals surface area contributed by atoms with Crippen molar-refractivity contribution >= 4 is 0 Å². The van der Waals surface area contributed by atoms with Crippen LogP contribution in [0.1, 0.15) is 23.3 Å². The van der Waals surface area contributed by atoms with Gasteiger partial charge in [0.15, 0.2) is 23.0 Å². The molecule has 0 radical (unpaired) electrons. The van der Waals surface area contributed by atoms with Gasteiger partial charge in [0, 0.05) is 11.8 Å². The van der Waals surface area contributed by atoms with Gasteiger partial charge in [-0.05, 0) is 35.4 Å². The zero-order valence-electron chi connectivity index (χ0n) is 16.7. The third-order valence-electron chi connectivity index (χ3n) is 6.00. The van der Waals surface area contributed by atoms with E-state index in [1.54, 1.807) is 21.3 Å². The Morgan fingerprint density at radius 3 is 1.97 bits per heavy atom. The van der Waals surface area contributed by atoms with Crippen LogP contribution in [0.5, 0.6) is 28.7 Å². The van der Waals surface area contributed by atoms with E-state index in [1.165, 1.54) is 0 Å². The van der Waals surface area contributed by atoms with E-state index in [9.17, 15) is 0 Å². The van der Waals surface area contributed by atoms with Gasteiger partial charge in [0.2, 0.25) is 12.5 Å². The fourth-order valence-electron chi connectivity index (χ4n) is 4.59. The minimum absolute atomic E-state index is 0.0264. The number of rotatable bonds is 5. The van der Waals surface area contributed by atoms with E-state index in [4.69, 9.17) is 33.2 Å². The highest BCUT2D eigenvalue weighted by molar-refractivity contribution is 5.54. The van der Waals surface area contributed by atoms with E-state index in [0.717, 1.165) is 22.6 Å². The molecule has 2 aromatic rings. The lowest BCUT2D eigenvalue weighted by atomic mass is 9.85. The standard InChI is InChI=1S/C22H24O7/c1-23-18-7-13(8-19(24-2)22(18)25-3)21-15-10-26-20(14(15)9-27-21)12-4-5-16-17(6-12)29-11-28-16/h4-8,14-15,20-21H,9-11H2,1-3H3/t14?,15?,20-,21+/m1/s1. The van der Waals surface area contributed by atoms with Crippen molar-refractivity contribution in [1.29, 1.82) is 0 Å². The monoisotopic (exact) mass is 400 g/mol. The van der Waals surface area contributed by atoms with E-state index < -0.39 is 0 Å². The van der Waals surface area contributed by atoms with E-state index in [1.807, 2.05) is 30.3 Å². The average Bonchev–Trinajstić information content (AvgIpc) is 3.47. The van der Waals surface area contributed by atoms with Gasteiger partial charge >= 0.3 is 0 Å². The molecule has 3 aliphatic rings. The molecule has 2 saturated heterocycles. The fourth-order valence-corrected chi connectivity index (χ4v) is 4.59. The molecule has 0 aliphatic carbocycles. The second kappa shape index (κ2) is 7.31. The van der Waals surface area contributed by atoms with Gasteiger partial charge in [-0.15, -0.1) is 0 Å². The van der Waals surface area contributed by atoms with Gasteiger partial charge in [0.05, 0.1) is 46.8 Å². The van der Waals surface area contributed by atoms with Crippen LogP contribution >= 0.6 is 0 Å². The molecule has 3 heterocycles. The maximum Gasteiger partial charge on any atom is 0.231 e. The second-order valence-corrected chi connectivity index (χ2v) is 7.41. The maximum absolute atomic E-state index is 6.24. The van der Waals surface area contributed by atoms with Crippen molar-refractivity contribution < 1.29 is 33.2 Å². The molecular weight excluding hydrogens is 376 g/mol. The Morgan fingerprint density at radius 2 is 1.34 bits per heavy atom. The smallest absolute Gasteiger partial charge is 0.231 e. The van der Waals surface area contributed by atoms with Crippen LogP contribution < -0.4 is 23.7 Å². The number of benzene rings is 2. The van der Waals surface area contributed by atoms with E-state index >= 15 is 0 Å². The lowest BCUT2D eigenvalue weighted by Gasteiger charge is -2.20. The van der Waals surface area contributed by atoms with Crippen LogP contribution in [0.25, 0.3) is 0 Å². The van der Waals surface area contributed by atoms with Crippen molar-refractivity contribution in [3.05, 3.63) is 41.5 Å². The van der Waals surface area contributed by atoms with Crippen molar-refractivity contribution in [2.75, 3.05) is 41.3 Å². The zero-order chi connectivity index (χ0) is 20.0. The number of methoxy groups -OCH3 is 3. The average molecular weight is 400 g/mol. The summed E-state index contributed by atoms with van der Waals surface area (Å²) in [6.45, 7) is 1.53. The van der Waals surface area contributed by atoms with E-state index in [0.29, 0.717) is 30.5 Å². The van der Waals surface area contributed by atoms with Gasteiger partial charge in [0.25, 0.3) is 0 Å². The zero-order valence-corrected chi connectivity index (χ0v) is 16.7. The number of hydrogen-bond donors (Lipinski definition) is 0. The summed E-state index contributed by atoms with van der Waals surface area (Å²) in [6, 6.07) is 9.93. The molecule has 0 saturated carbocycles. The molecular formula is C22H24O7. The topological polar surface area (TPSA) is 64.6 Å². The minimum atomic E-state index is -0.0901. The third-order valence-corrected chi connectivity index (χ3v) is 6.00. The maximum atomic E-state index is 6.24. The lowest BCUT2D eigenvalue weighted by Crippen LogP contribution is -2.14. The van der Waals surface area contributed by atoms with Crippen molar-refractivity contribution in [2.24, 2.45) is 11.8 Å². The van der Waals surface area contributed by atoms with Crippen LogP contribution in [-0.4, -0.2) is 41.3 Å². The number of ether oxygens (including phenoxy) is 7. The Kier molecular flexibility index (Phi) is 4.64. The molecule has 29 heavy (non-hydrogen) atoms. The summed E-state index contributed by atoms with van der Waals surface area (Å²) in [4.78, 5) is 0. The quantitative estimate of drug-likeness (QED) is 0.761. The first-order chi connectivity index (χ1) is 14.2. The summed E-state index contributed by atoms with van der Waals surface area (Å²) in [5.74, 6) is 3.89. The lowest BCUT2D eigenvalue weighted by molar-refractivity contribution is 0.0191. The van der Waals surface area contributed by atoms with Gasteiger partial charge in [-0.2, -0.15) is 0 Å². The SMILES string of the molecule is COc1cc([C@@H]2OCC3C2CO[C@@H]3c2ccc3c(c2)OCO3)cc(OC)c1OC. The van der Waals surface area contributed by atoms with Crippen LogP contribution in [-0.2, 0) is 9.47 Å². The largest absolute Gasteiger partial charge is 0.493 e. The number of hydrogen-bond acceptors (Lipinski definition) is 7. The molecule has 4 atom stereocenters. The molecule has 154 valence electrons. The van der Waals surface area contributed by atoms with Gasteiger partial charge in [0.1, 0.15) is 0 Å². The van der Waals surface area contributed by atoms with Gasteiger partial charge in [-0.3, -0.25) is 0 Å². The minimum Gasteiger partial charge on any atom is -0.493 e. The Hall–Kier alpha value is -2.64. The second-order valence-electron chi connectivity index (χ2n) is 7.41. The molecule has 0 bridgehead atoms. The van der Waals surface area contributed by atoms with Crippen molar-refractivity contribution in [3.63, 3.8) is 0 Å². The number of fused-ring (bicyclic) bond motifs is 2. The van der Waals surface area contributed by atoms with E-state index in [-0.39, 0.29) is 30.8 Å². The van der Waals surface area contributed by atoms with E-state index in [2.05, 4.69) is 0 Å². The summed E-state index contributed by atoms with van der Waals surface area (Å²) in [5.41, 5.74) is 2.10. The van der Waals surface area contributed by atoms with Crippen molar-refractivity contribution in [2.45, 2.75) is 12.2 Å². The predicted molar refractivity (Wildman–Crippen MR) is 103 cm³/mol. The van der Waals surface area contributed by atoms with Crippen LogP contribution in [0.3, 0.4) is 0 Å². The summed E-state index contributed by atoms with van der Waals surface area (Å²) in [6.07, 6.45) is -0.116.